The van der Waals surface area contributed by atoms with E-state index in [0.29, 0.717) is 12.1 Å². The number of carbonyl (C=O) groups excluding carboxylic acids is 1. The summed E-state index contributed by atoms with van der Waals surface area (Å²) in [5, 5.41) is 5.52. The van der Waals surface area contributed by atoms with E-state index < -0.39 is 17.7 Å². The Hall–Kier alpha value is -1.49. The first-order valence-corrected chi connectivity index (χ1v) is 5.49. The van der Waals surface area contributed by atoms with Crippen molar-refractivity contribution < 1.29 is 13.6 Å². The number of rotatable bonds is 5. The molecule has 0 radical (unpaired) electrons. The molecular weight excluding hydrogens is 226 g/mol. The van der Waals surface area contributed by atoms with Crippen LogP contribution in [0.25, 0.3) is 0 Å². The van der Waals surface area contributed by atoms with Crippen molar-refractivity contribution in [2.75, 3.05) is 6.54 Å². The van der Waals surface area contributed by atoms with Gasteiger partial charge in [0, 0.05) is 24.7 Å². The predicted octanol–water partition coefficient (Wildman–Crippen LogP) is 1.58. The average Bonchev–Trinajstić information content (AvgIpc) is 2.27. The Morgan fingerprint density at radius 2 is 2.12 bits per heavy atom. The highest BCUT2D eigenvalue weighted by atomic mass is 19.1. The highest BCUT2D eigenvalue weighted by molar-refractivity contribution is 5.81. The van der Waals surface area contributed by atoms with Gasteiger partial charge in [-0.15, -0.1) is 0 Å². The van der Waals surface area contributed by atoms with Crippen LogP contribution in [0.2, 0.25) is 0 Å². The third kappa shape index (κ3) is 4.11. The summed E-state index contributed by atoms with van der Waals surface area (Å²) < 4.78 is 25.9. The van der Waals surface area contributed by atoms with E-state index in [1.165, 1.54) is 12.1 Å². The fourth-order valence-electron chi connectivity index (χ4n) is 1.35. The van der Waals surface area contributed by atoms with Crippen LogP contribution in [0, 0.1) is 11.6 Å². The molecule has 1 atom stereocenters. The molecule has 17 heavy (non-hydrogen) atoms. The van der Waals surface area contributed by atoms with Gasteiger partial charge in [-0.2, -0.15) is 0 Å². The SMILES string of the molecule is CCNC(=O)C(C)NCc1ccc(F)cc1F. The molecule has 0 fully saturated rings. The number of benzene rings is 1. The standard InChI is InChI=1S/C12H16F2N2O/c1-3-15-12(17)8(2)16-7-9-4-5-10(13)6-11(9)14/h4-6,8,16H,3,7H2,1-2H3,(H,15,17). The Labute approximate surface area is 99.2 Å². The zero-order chi connectivity index (χ0) is 12.8. The average molecular weight is 242 g/mol. The molecule has 1 rings (SSSR count). The number of carbonyl (C=O) groups is 1. The van der Waals surface area contributed by atoms with Crippen molar-refractivity contribution in [3.8, 4) is 0 Å². The van der Waals surface area contributed by atoms with Crippen molar-refractivity contribution in [1.82, 2.24) is 10.6 Å². The van der Waals surface area contributed by atoms with Gasteiger partial charge in [0.2, 0.25) is 5.91 Å². The number of halogens is 2. The van der Waals surface area contributed by atoms with Crippen LogP contribution in [0.3, 0.4) is 0 Å². The third-order valence-electron chi connectivity index (χ3n) is 2.36. The van der Waals surface area contributed by atoms with Gasteiger partial charge in [-0.05, 0) is 19.9 Å². The van der Waals surface area contributed by atoms with E-state index in [4.69, 9.17) is 0 Å². The minimum absolute atomic E-state index is 0.144. The summed E-state index contributed by atoms with van der Waals surface area (Å²) in [7, 11) is 0. The lowest BCUT2D eigenvalue weighted by atomic mass is 10.2. The molecule has 2 N–H and O–H groups in total. The van der Waals surface area contributed by atoms with Gasteiger partial charge in [0.05, 0.1) is 6.04 Å². The van der Waals surface area contributed by atoms with Crippen LogP contribution in [0.15, 0.2) is 18.2 Å². The van der Waals surface area contributed by atoms with Crippen LogP contribution in [-0.4, -0.2) is 18.5 Å². The normalized spacial score (nSPS) is 12.2. The first kappa shape index (κ1) is 13.6. The van der Waals surface area contributed by atoms with E-state index in [9.17, 15) is 13.6 Å². The van der Waals surface area contributed by atoms with E-state index in [1.807, 2.05) is 6.92 Å². The minimum atomic E-state index is -0.611. The van der Waals surface area contributed by atoms with Gasteiger partial charge >= 0.3 is 0 Å². The molecule has 1 amide bonds. The van der Waals surface area contributed by atoms with Crippen LogP contribution in [-0.2, 0) is 11.3 Å². The van der Waals surface area contributed by atoms with Crippen molar-refractivity contribution in [1.29, 1.82) is 0 Å². The van der Waals surface area contributed by atoms with Gasteiger partial charge in [-0.1, -0.05) is 6.07 Å². The fourth-order valence-corrected chi connectivity index (χ4v) is 1.35. The Morgan fingerprint density at radius 3 is 2.71 bits per heavy atom. The molecule has 94 valence electrons. The van der Waals surface area contributed by atoms with Crippen LogP contribution in [0.5, 0.6) is 0 Å². The number of nitrogens with one attached hydrogen (secondary N) is 2. The molecule has 0 saturated heterocycles. The van der Waals surface area contributed by atoms with Gasteiger partial charge < -0.3 is 10.6 Å². The van der Waals surface area contributed by atoms with Crippen LogP contribution in [0.4, 0.5) is 8.78 Å². The molecule has 0 aromatic heterocycles. The third-order valence-corrected chi connectivity index (χ3v) is 2.36. The summed E-state index contributed by atoms with van der Waals surface area (Å²) in [5.74, 6) is -1.36. The molecule has 1 aromatic rings. The fraction of sp³-hybridized carbons (Fsp3) is 0.417. The Bertz CT molecular complexity index is 396. The lowest BCUT2D eigenvalue weighted by Gasteiger charge is -2.13. The van der Waals surface area contributed by atoms with E-state index in [1.54, 1.807) is 6.92 Å². The summed E-state index contributed by atoms with van der Waals surface area (Å²) in [6.07, 6.45) is 0. The molecule has 1 unspecified atom stereocenters. The van der Waals surface area contributed by atoms with Gasteiger partial charge in [0.15, 0.2) is 0 Å². The molecule has 0 aliphatic carbocycles. The first-order chi connectivity index (χ1) is 8.04. The van der Waals surface area contributed by atoms with Crippen molar-refractivity contribution in [3.05, 3.63) is 35.4 Å². The molecule has 0 saturated carbocycles. The van der Waals surface area contributed by atoms with Crippen molar-refractivity contribution in [2.45, 2.75) is 26.4 Å². The van der Waals surface area contributed by atoms with E-state index in [0.717, 1.165) is 6.07 Å². The number of amides is 1. The quantitative estimate of drug-likeness (QED) is 0.823. The van der Waals surface area contributed by atoms with Crippen molar-refractivity contribution in [3.63, 3.8) is 0 Å². The molecule has 1 aromatic carbocycles. The van der Waals surface area contributed by atoms with Crippen LogP contribution < -0.4 is 10.6 Å². The van der Waals surface area contributed by atoms with Crippen molar-refractivity contribution in [2.24, 2.45) is 0 Å². The molecule has 0 aliphatic heterocycles. The second-order valence-electron chi connectivity index (χ2n) is 3.73. The van der Waals surface area contributed by atoms with Gasteiger partial charge in [-0.25, -0.2) is 8.78 Å². The zero-order valence-corrected chi connectivity index (χ0v) is 9.89. The highest BCUT2D eigenvalue weighted by Gasteiger charge is 2.11. The summed E-state index contributed by atoms with van der Waals surface area (Å²) in [6, 6.07) is 2.96. The van der Waals surface area contributed by atoms with Crippen molar-refractivity contribution >= 4 is 5.91 Å². The summed E-state index contributed by atoms with van der Waals surface area (Å²) in [6.45, 7) is 4.25. The molecule has 0 bridgehead atoms. The molecular formula is C12H16F2N2O. The summed E-state index contributed by atoms with van der Waals surface area (Å²) in [5.41, 5.74) is 0.336. The van der Waals surface area contributed by atoms with Gasteiger partial charge in [0.1, 0.15) is 11.6 Å². The topological polar surface area (TPSA) is 41.1 Å². The number of hydrogen-bond acceptors (Lipinski definition) is 2. The van der Waals surface area contributed by atoms with E-state index in [-0.39, 0.29) is 12.5 Å². The van der Waals surface area contributed by atoms with Crippen LogP contribution >= 0.6 is 0 Å². The van der Waals surface area contributed by atoms with Crippen LogP contribution in [0.1, 0.15) is 19.4 Å². The maximum Gasteiger partial charge on any atom is 0.236 e. The van der Waals surface area contributed by atoms with Gasteiger partial charge in [0.25, 0.3) is 0 Å². The second kappa shape index (κ2) is 6.30. The largest absolute Gasteiger partial charge is 0.355 e. The lowest BCUT2D eigenvalue weighted by Crippen LogP contribution is -2.41. The maximum atomic E-state index is 13.3. The summed E-state index contributed by atoms with van der Waals surface area (Å²) >= 11 is 0. The smallest absolute Gasteiger partial charge is 0.236 e. The minimum Gasteiger partial charge on any atom is -0.355 e. The molecule has 5 heteroatoms. The second-order valence-corrected chi connectivity index (χ2v) is 3.73. The first-order valence-electron chi connectivity index (χ1n) is 5.49. The van der Waals surface area contributed by atoms with E-state index >= 15 is 0 Å². The molecule has 3 nitrogen and oxygen atoms in total. The van der Waals surface area contributed by atoms with Gasteiger partial charge in [-0.3, -0.25) is 4.79 Å². The molecule has 0 heterocycles. The lowest BCUT2D eigenvalue weighted by molar-refractivity contribution is -0.122. The Morgan fingerprint density at radius 1 is 1.41 bits per heavy atom. The molecule has 0 spiro atoms. The monoisotopic (exact) mass is 242 g/mol. The summed E-state index contributed by atoms with van der Waals surface area (Å²) in [4.78, 5) is 11.4. The molecule has 0 aliphatic rings. The highest BCUT2D eigenvalue weighted by Crippen LogP contribution is 2.09. The maximum absolute atomic E-state index is 13.3. The van der Waals surface area contributed by atoms with E-state index in [2.05, 4.69) is 10.6 Å². The number of hydrogen-bond donors (Lipinski definition) is 2. The Balaban J connectivity index is 2.52. The predicted molar refractivity (Wildman–Crippen MR) is 61.3 cm³/mol. The Kier molecular flexibility index (Phi) is 5.03. The zero-order valence-electron chi connectivity index (χ0n) is 9.89. The number of likely N-dealkylation sites (N-methyl/N-ethyl adjacent to an activating group) is 1.